The van der Waals surface area contributed by atoms with Crippen molar-refractivity contribution < 1.29 is 4.74 Å². The zero-order valence-corrected chi connectivity index (χ0v) is 15.7. The lowest BCUT2D eigenvalue weighted by Crippen LogP contribution is -2.35. The Balaban J connectivity index is 1.31. The zero-order chi connectivity index (χ0) is 18.5. The summed E-state index contributed by atoms with van der Waals surface area (Å²) < 4.78 is 8.11. The van der Waals surface area contributed by atoms with E-state index in [9.17, 15) is 0 Å². The summed E-state index contributed by atoms with van der Waals surface area (Å²) in [7, 11) is 0. The SMILES string of the molecule is c1nc2c3c(n1)OCCN(c1cnc4c(ccn4CC4CCCCC4)c1)C3=N2. The molecule has 0 unspecified atom stereocenters. The van der Waals surface area contributed by atoms with E-state index in [1.54, 1.807) is 0 Å². The first kappa shape index (κ1) is 16.0. The number of pyridine rings is 1. The quantitative estimate of drug-likeness (QED) is 0.699. The standard InChI is InChI=1S/C21H22N6O/c1-2-4-14(5-3-1)12-26-7-6-15-10-16(11-22-19(15)26)27-8-9-28-21-17-18(23-13-24-21)25-20(17)27/h6-7,10-11,13-14H,1-5,8-9,12H2. The third kappa shape index (κ3) is 2.49. The molecule has 0 spiro atoms. The molecule has 3 aromatic rings. The molecule has 7 heteroatoms. The highest BCUT2D eigenvalue weighted by molar-refractivity contribution is 6.20. The Labute approximate surface area is 163 Å². The van der Waals surface area contributed by atoms with Gasteiger partial charge in [0.1, 0.15) is 24.1 Å². The van der Waals surface area contributed by atoms with Gasteiger partial charge in [0, 0.05) is 18.1 Å². The van der Waals surface area contributed by atoms with Gasteiger partial charge in [0.15, 0.2) is 11.7 Å². The fourth-order valence-electron chi connectivity index (χ4n) is 4.65. The van der Waals surface area contributed by atoms with Crippen molar-refractivity contribution in [1.82, 2.24) is 19.5 Å². The largest absolute Gasteiger partial charge is 0.475 e. The van der Waals surface area contributed by atoms with Crippen LogP contribution in [0.25, 0.3) is 11.0 Å². The predicted molar refractivity (Wildman–Crippen MR) is 107 cm³/mol. The molecule has 142 valence electrons. The van der Waals surface area contributed by atoms with Gasteiger partial charge in [-0.1, -0.05) is 19.3 Å². The van der Waals surface area contributed by atoms with Crippen molar-refractivity contribution in [3.05, 3.63) is 36.4 Å². The van der Waals surface area contributed by atoms with E-state index in [0.29, 0.717) is 24.8 Å². The number of fused-ring (bicyclic) bond motifs is 1. The minimum absolute atomic E-state index is 0.559. The summed E-state index contributed by atoms with van der Waals surface area (Å²) >= 11 is 0. The predicted octanol–water partition coefficient (Wildman–Crippen LogP) is 3.70. The molecule has 3 aromatic heterocycles. The van der Waals surface area contributed by atoms with Gasteiger partial charge in [0.2, 0.25) is 5.88 Å². The molecule has 28 heavy (non-hydrogen) atoms. The molecular weight excluding hydrogens is 352 g/mol. The number of nitrogens with zero attached hydrogens (tertiary/aromatic N) is 6. The number of hydrogen-bond donors (Lipinski definition) is 0. The van der Waals surface area contributed by atoms with Crippen LogP contribution in [0, 0.1) is 5.92 Å². The van der Waals surface area contributed by atoms with Crippen molar-refractivity contribution in [3.63, 3.8) is 0 Å². The molecule has 1 fully saturated rings. The van der Waals surface area contributed by atoms with E-state index in [0.717, 1.165) is 35.2 Å². The molecule has 2 aliphatic heterocycles. The van der Waals surface area contributed by atoms with Crippen molar-refractivity contribution >= 4 is 28.4 Å². The van der Waals surface area contributed by atoms with Crippen molar-refractivity contribution in [1.29, 1.82) is 0 Å². The molecule has 6 rings (SSSR count). The monoisotopic (exact) mass is 374 g/mol. The molecule has 0 radical (unpaired) electrons. The normalized spacial score (nSPS) is 18.9. The Morgan fingerprint density at radius 1 is 1.11 bits per heavy atom. The minimum atomic E-state index is 0.559. The summed E-state index contributed by atoms with van der Waals surface area (Å²) in [5, 5.41) is 1.17. The van der Waals surface area contributed by atoms with Crippen LogP contribution in [0.2, 0.25) is 0 Å². The number of hydrogen-bond acceptors (Lipinski definition) is 6. The van der Waals surface area contributed by atoms with Crippen LogP contribution in [0.5, 0.6) is 5.88 Å². The van der Waals surface area contributed by atoms with Crippen molar-refractivity contribution in [2.24, 2.45) is 10.9 Å². The maximum absolute atomic E-state index is 5.79. The Kier molecular flexibility index (Phi) is 3.60. The molecule has 1 aliphatic carbocycles. The van der Waals surface area contributed by atoms with E-state index in [1.807, 2.05) is 6.20 Å². The molecule has 0 atom stereocenters. The van der Waals surface area contributed by atoms with Crippen LogP contribution in [-0.2, 0) is 6.54 Å². The summed E-state index contributed by atoms with van der Waals surface area (Å²) in [5.74, 6) is 3.00. The van der Waals surface area contributed by atoms with Crippen LogP contribution in [0.3, 0.4) is 0 Å². The third-order valence-corrected chi connectivity index (χ3v) is 6.12. The van der Waals surface area contributed by atoms with E-state index < -0.39 is 0 Å². The Hall–Kier alpha value is -2.96. The summed E-state index contributed by atoms with van der Waals surface area (Å²) in [6.07, 6.45) is 12.5. The fourth-order valence-corrected chi connectivity index (χ4v) is 4.65. The second-order valence-electron chi connectivity index (χ2n) is 7.89. The van der Waals surface area contributed by atoms with Gasteiger partial charge < -0.3 is 14.2 Å². The van der Waals surface area contributed by atoms with Crippen LogP contribution >= 0.6 is 0 Å². The average Bonchev–Trinajstić information content (AvgIpc) is 3.01. The maximum atomic E-state index is 5.79. The molecule has 0 amide bonds. The van der Waals surface area contributed by atoms with Gasteiger partial charge in [-0.05, 0) is 30.9 Å². The van der Waals surface area contributed by atoms with Gasteiger partial charge in [-0.3, -0.25) is 0 Å². The Morgan fingerprint density at radius 3 is 2.96 bits per heavy atom. The summed E-state index contributed by atoms with van der Waals surface area (Å²) in [6, 6.07) is 4.38. The van der Waals surface area contributed by atoms with Gasteiger partial charge in [-0.25, -0.2) is 19.9 Å². The van der Waals surface area contributed by atoms with Crippen molar-refractivity contribution in [2.75, 3.05) is 18.1 Å². The van der Waals surface area contributed by atoms with E-state index in [1.165, 1.54) is 43.8 Å². The molecule has 0 aromatic carbocycles. The van der Waals surface area contributed by atoms with Gasteiger partial charge >= 0.3 is 0 Å². The van der Waals surface area contributed by atoms with E-state index >= 15 is 0 Å². The number of ether oxygens (including phenoxy) is 1. The summed E-state index contributed by atoms with van der Waals surface area (Å²) in [4.78, 5) is 20.0. The molecule has 7 nitrogen and oxygen atoms in total. The Morgan fingerprint density at radius 2 is 2.04 bits per heavy atom. The average molecular weight is 374 g/mol. The number of aliphatic imine (C=N–C) groups is 1. The molecule has 0 saturated heterocycles. The molecule has 5 heterocycles. The lowest BCUT2D eigenvalue weighted by atomic mass is 9.89. The molecular formula is C21H22N6O. The molecule has 0 N–H and O–H groups in total. The summed E-state index contributed by atoms with van der Waals surface area (Å²) in [6.45, 7) is 2.35. The van der Waals surface area contributed by atoms with Crippen LogP contribution in [0.4, 0.5) is 11.5 Å². The molecule has 1 saturated carbocycles. The van der Waals surface area contributed by atoms with E-state index in [-0.39, 0.29) is 0 Å². The lowest BCUT2D eigenvalue weighted by molar-refractivity contribution is 0.319. The number of aromatic nitrogens is 4. The van der Waals surface area contributed by atoms with Crippen LogP contribution in [0.15, 0.2) is 35.8 Å². The second-order valence-corrected chi connectivity index (χ2v) is 7.89. The highest BCUT2D eigenvalue weighted by atomic mass is 16.5. The first-order valence-electron chi connectivity index (χ1n) is 10.2. The molecule has 3 aliphatic rings. The zero-order valence-electron chi connectivity index (χ0n) is 15.7. The third-order valence-electron chi connectivity index (χ3n) is 6.12. The van der Waals surface area contributed by atoms with Crippen LogP contribution in [-0.4, -0.2) is 38.5 Å². The van der Waals surface area contributed by atoms with Crippen molar-refractivity contribution in [2.45, 2.75) is 38.6 Å². The van der Waals surface area contributed by atoms with Crippen molar-refractivity contribution in [3.8, 4) is 5.88 Å². The maximum Gasteiger partial charge on any atom is 0.230 e. The van der Waals surface area contributed by atoms with Gasteiger partial charge in [0.25, 0.3) is 0 Å². The topological polar surface area (TPSA) is 68.4 Å². The number of amidine groups is 1. The Bertz CT molecular complexity index is 1080. The highest BCUT2D eigenvalue weighted by Crippen LogP contribution is 2.38. The highest BCUT2D eigenvalue weighted by Gasteiger charge is 2.34. The van der Waals surface area contributed by atoms with Gasteiger partial charge in [-0.2, -0.15) is 0 Å². The van der Waals surface area contributed by atoms with Gasteiger partial charge in [0.05, 0.1) is 18.4 Å². The fraction of sp³-hybridized carbons (Fsp3) is 0.429. The first-order chi connectivity index (χ1) is 13.9. The minimum Gasteiger partial charge on any atom is -0.475 e. The molecule has 0 bridgehead atoms. The van der Waals surface area contributed by atoms with Crippen LogP contribution in [0.1, 0.15) is 37.7 Å². The smallest absolute Gasteiger partial charge is 0.230 e. The lowest BCUT2D eigenvalue weighted by Gasteiger charge is -2.27. The van der Waals surface area contributed by atoms with E-state index in [2.05, 4.69) is 42.8 Å². The van der Waals surface area contributed by atoms with Gasteiger partial charge in [-0.15, -0.1) is 0 Å². The number of anilines is 1. The first-order valence-corrected chi connectivity index (χ1v) is 10.2. The van der Waals surface area contributed by atoms with E-state index in [4.69, 9.17) is 9.72 Å². The number of rotatable bonds is 3. The second kappa shape index (κ2) is 6.29. The van der Waals surface area contributed by atoms with Crippen LogP contribution < -0.4 is 9.64 Å². The summed E-state index contributed by atoms with van der Waals surface area (Å²) in [5.41, 5.74) is 3.02.